The number of rotatable bonds is 8. The number of hydrogen-bond donors (Lipinski definition) is 1. The molecule has 40 heavy (non-hydrogen) atoms. The van der Waals surface area contributed by atoms with Crippen LogP contribution in [0.3, 0.4) is 0 Å². The molecule has 11 nitrogen and oxygen atoms in total. The largest absolute Gasteiger partial charge is 0.379 e. The molecule has 0 aliphatic rings. The maximum Gasteiger partial charge on any atom is 0.339 e. The van der Waals surface area contributed by atoms with Gasteiger partial charge in [0.2, 0.25) is 0 Å². The highest BCUT2D eigenvalue weighted by Crippen LogP contribution is 2.23. The van der Waals surface area contributed by atoms with Gasteiger partial charge in [-0.3, -0.25) is 19.7 Å². The fourth-order valence-corrected chi connectivity index (χ4v) is 5.14. The summed E-state index contributed by atoms with van der Waals surface area (Å²) in [6, 6.07) is 24.5. The fraction of sp³-hybridized carbons (Fsp3) is 0.0357. The Bertz CT molecular complexity index is 1920. The van der Waals surface area contributed by atoms with E-state index in [4.69, 9.17) is 4.18 Å². The first-order chi connectivity index (χ1) is 19.2. The molecule has 0 bridgehead atoms. The van der Waals surface area contributed by atoms with E-state index in [1.807, 2.05) is 0 Å². The SMILES string of the molecule is O=C(Cn1c2ccccc2c(=O)c2ccccc21)N/N=C\c1cccc(OS(=O)(=O)c2cccc([N+](=O)[O-])c2)c1. The number of pyridine rings is 1. The summed E-state index contributed by atoms with van der Waals surface area (Å²) in [5, 5.41) is 15.9. The Morgan fingerprint density at radius 1 is 0.925 bits per heavy atom. The van der Waals surface area contributed by atoms with E-state index in [1.54, 1.807) is 59.2 Å². The summed E-state index contributed by atoms with van der Waals surface area (Å²) in [7, 11) is -4.34. The van der Waals surface area contributed by atoms with E-state index in [0.29, 0.717) is 27.4 Å². The van der Waals surface area contributed by atoms with E-state index < -0.39 is 20.9 Å². The van der Waals surface area contributed by atoms with E-state index >= 15 is 0 Å². The van der Waals surface area contributed by atoms with Crippen molar-refractivity contribution in [3.8, 4) is 5.75 Å². The van der Waals surface area contributed by atoms with E-state index in [0.717, 1.165) is 6.07 Å². The number of benzene rings is 4. The summed E-state index contributed by atoms with van der Waals surface area (Å²) in [5.41, 5.74) is 3.59. The number of nitrogens with zero attached hydrogens (tertiary/aromatic N) is 3. The Kier molecular flexibility index (Phi) is 7.08. The predicted molar refractivity (Wildman–Crippen MR) is 149 cm³/mol. The van der Waals surface area contributed by atoms with Crippen molar-refractivity contribution in [3.63, 3.8) is 0 Å². The molecule has 0 atom stereocenters. The van der Waals surface area contributed by atoms with Gasteiger partial charge in [0.1, 0.15) is 17.2 Å². The van der Waals surface area contributed by atoms with E-state index in [-0.39, 0.29) is 28.3 Å². The lowest BCUT2D eigenvalue weighted by atomic mass is 10.1. The van der Waals surface area contributed by atoms with Crippen LogP contribution in [0.1, 0.15) is 5.56 Å². The first-order valence-corrected chi connectivity index (χ1v) is 13.2. The van der Waals surface area contributed by atoms with Crippen molar-refractivity contribution in [1.82, 2.24) is 9.99 Å². The van der Waals surface area contributed by atoms with Crippen LogP contribution in [0.15, 0.2) is 112 Å². The molecule has 1 aromatic heterocycles. The first-order valence-electron chi connectivity index (χ1n) is 11.8. The van der Waals surface area contributed by atoms with Crippen LogP contribution < -0.4 is 15.0 Å². The maximum atomic E-state index is 12.9. The van der Waals surface area contributed by atoms with E-state index in [2.05, 4.69) is 10.5 Å². The van der Waals surface area contributed by atoms with Gasteiger partial charge in [0.15, 0.2) is 5.43 Å². The number of nitro groups is 1. The number of hydrazone groups is 1. The fourth-order valence-electron chi connectivity index (χ4n) is 4.18. The first kappa shape index (κ1) is 26.3. The lowest BCUT2D eigenvalue weighted by molar-refractivity contribution is -0.385. The van der Waals surface area contributed by atoms with Crippen molar-refractivity contribution in [3.05, 3.63) is 123 Å². The van der Waals surface area contributed by atoms with Crippen LogP contribution in [0.4, 0.5) is 5.69 Å². The number of para-hydroxylation sites is 2. The zero-order chi connectivity index (χ0) is 28.3. The average Bonchev–Trinajstić information content (AvgIpc) is 2.95. The van der Waals surface area contributed by atoms with Crippen LogP contribution in [-0.2, 0) is 21.5 Å². The average molecular weight is 557 g/mol. The molecular formula is C28H20N4O7S. The molecule has 0 fully saturated rings. The van der Waals surface area contributed by atoms with Crippen molar-refractivity contribution in [2.24, 2.45) is 5.10 Å². The van der Waals surface area contributed by atoms with Crippen molar-refractivity contribution in [2.45, 2.75) is 11.4 Å². The highest BCUT2D eigenvalue weighted by atomic mass is 32.2. The van der Waals surface area contributed by atoms with Gasteiger partial charge in [0, 0.05) is 22.9 Å². The van der Waals surface area contributed by atoms with Crippen LogP contribution >= 0.6 is 0 Å². The van der Waals surface area contributed by atoms with Crippen LogP contribution in [-0.4, -0.2) is 30.0 Å². The molecule has 12 heteroatoms. The Balaban J connectivity index is 1.32. The van der Waals surface area contributed by atoms with Gasteiger partial charge in [0.25, 0.3) is 11.6 Å². The monoisotopic (exact) mass is 556 g/mol. The molecule has 0 aliphatic heterocycles. The number of aromatic nitrogens is 1. The number of carbonyl (C=O) groups is 1. The molecule has 1 N–H and O–H groups in total. The lowest BCUT2D eigenvalue weighted by Gasteiger charge is -2.14. The second kappa shape index (κ2) is 10.8. The van der Waals surface area contributed by atoms with Gasteiger partial charge in [0.05, 0.1) is 22.2 Å². The van der Waals surface area contributed by atoms with E-state index in [9.17, 15) is 28.1 Å². The summed E-state index contributed by atoms with van der Waals surface area (Å²) in [5.74, 6) is -0.496. The highest BCUT2D eigenvalue weighted by Gasteiger charge is 2.20. The van der Waals surface area contributed by atoms with Gasteiger partial charge in [-0.15, -0.1) is 0 Å². The molecule has 0 saturated carbocycles. The van der Waals surface area contributed by atoms with Crippen molar-refractivity contribution >= 4 is 49.7 Å². The molecule has 1 amide bonds. The number of fused-ring (bicyclic) bond motifs is 2. The third-order valence-electron chi connectivity index (χ3n) is 5.96. The minimum absolute atomic E-state index is 0.0482. The highest BCUT2D eigenvalue weighted by molar-refractivity contribution is 7.87. The summed E-state index contributed by atoms with van der Waals surface area (Å²) in [6.45, 7) is -0.108. The number of nitro benzene ring substituents is 1. The molecule has 0 unspecified atom stereocenters. The van der Waals surface area contributed by atoms with Crippen LogP contribution in [0.25, 0.3) is 21.8 Å². The second-order valence-electron chi connectivity index (χ2n) is 8.61. The zero-order valence-electron chi connectivity index (χ0n) is 20.6. The van der Waals surface area contributed by atoms with Gasteiger partial charge in [-0.1, -0.05) is 42.5 Å². The van der Waals surface area contributed by atoms with Gasteiger partial charge in [-0.25, -0.2) is 5.43 Å². The topological polar surface area (TPSA) is 150 Å². The molecule has 0 spiro atoms. The summed E-state index contributed by atoms with van der Waals surface area (Å²) in [4.78, 5) is 35.6. The summed E-state index contributed by atoms with van der Waals surface area (Å²) < 4.78 is 32.1. The van der Waals surface area contributed by atoms with Gasteiger partial charge in [-0.05, 0) is 48.0 Å². The predicted octanol–water partition coefficient (Wildman–Crippen LogP) is 3.98. The number of non-ortho nitro benzene ring substituents is 1. The minimum Gasteiger partial charge on any atom is -0.379 e. The number of carbonyl (C=O) groups excluding carboxylic acids is 1. The Labute approximate surface area is 227 Å². The third kappa shape index (κ3) is 5.42. The van der Waals surface area contributed by atoms with Crippen LogP contribution in [0.2, 0.25) is 0 Å². The second-order valence-corrected chi connectivity index (χ2v) is 10.2. The van der Waals surface area contributed by atoms with Crippen LogP contribution in [0, 0.1) is 10.1 Å². The third-order valence-corrected chi connectivity index (χ3v) is 7.21. The van der Waals surface area contributed by atoms with Crippen molar-refractivity contribution in [1.29, 1.82) is 0 Å². The van der Waals surface area contributed by atoms with Gasteiger partial charge in [-0.2, -0.15) is 13.5 Å². The smallest absolute Gasteiger partial charge is 0.339 e. The molecule has 0 aliphatic carbocycles. The minimum atomic E-state index is -4.34. The zero-order valence-corrected chi connectivity index (χ0v) is 21.4. The Morgan fingerprint density at radius 2 is 1.57 bits per heavy atom. The molecule has 4 aromatic carbocycles. The molecule has 0 radical (unpaired) electrons. The standard InChI is InChI=1S/C28H20N4O7S/c33-27(18-31-25-13-3-1-11-23(25)28(34)24-12-2-4-14-26(24)31)30-29-17-19-7-5-9-21(15-19)39-40(37,38)22-10-6-8-20(16-22)32(35)36/h1-17H,18H2,(H,30,33)/b29-17-. The Morgan fingerprint density at radius 3 is 2.25 bits per heavy atom. The van der Waals surface area contributed by atoms with Crippen molar-refractivity contribution < 1.29 is 22.3 Å². The van der Waals surface area contributed by atoms with Gasteiger partial charge < -0.3 is 8.75 Å². The maximum absolute atomic E-state index is 12.9. The molecular weight excluding hydrogens is 536 g/mol. The molecule has 5 rings (SSSR count). The summed E-state index contributed by atoms with van der Waals surface area (Å²) >= 11 is 0. The number of amides is 1. The molecule has 5 aromatic rings. The Hall–Kier alpha value is -5.36. The molecule has 0 saturated heterocycles. The van der Waals surface area contributed by atoms with E-state index in [1.165, 1.54) is 42.6 Å². The lowest BCUT2D eigenvalue weighted by Crippen LogP contribution is -2.25. The number of nitrogens with one attached hydrogen (secondary N) is 1. The normalized spacial score (nSPS) is 11.6. The number of hydrogen-bond acceptors (Lipinski definition) is 8. The molecule has 1 heterocycles. The van der Waals surface area contributed by atoms with Crippen LogP contribution in [0.5, 0.6) is 5.75 Å². The van der Waals surface area contributed by atoms with Crippen molar-refractivity contribution in [2.75, 3.05) is 0 Å². The van der Waals surface area contributed by atoms with Gasteiger partial charge >= 0.3 is 10.1 Å². The molecule has 200 valence electrons. The quantitative estimate of drug-likeness (QED) is 0.0998. The summed E-state index contributed by atoms with van der Waals surface area (Å²) in [6.07, 6.45) is 1.31.